The van der Waals surface area contributed by atoms with E-state index in [-0.39, 0.29) is 27.6 Å². The number of hydrogen-bond donors (Lipinski definition) is 0. The Labute approximate surface area is 157 Å². The summed E-state index contributed by atoms with van der Waals surface area (Å²) in [6.07, 6.45) is -2.47. The van der Waals surface area contributed by atoms with Gasteiger partial charge in [0.05, 0.1) is 29.0 Å². The molecule has 0 aromatic carbocycles. The van der Waals surface area contributed by atoms with Crippen LogP contribution in [0.4, 0.5) is 13.2 Å². The topological polar surface area (TPSA) is 60.8 Å². The van der Waals surface area contributed by atoms with Gasteiger partial charge in [-0.3, -0.25) is 4.98 Å². The molecule has 0 spiro atoms. The van der Waals surface area contributed by atoms with E-state index in [0.29, 0.717) is 11.8 Å². The summed E-state index contributed by atoms with van der Waals surface area (Å²) >= 11 is 12.3. The Bertz CT molecular complexity index is 833. The Morgan fingerprint density at radius 1 is 1.35 bits per heavy atom. The number of oxime groups is 1. The smallest absolute Gasteiger partial charge is 0.417 e. The summed E-state index contributed by atoms with van der Waals surface area (Å²) in [5.74, 6) is -0.708. The summed E-state index contributed by atoms with van der Waals surface area (Å²) in [6, 6.07) is 0.760. The number of halogens is 5. The van der Waals surface area contributed by atoms with E-state index in [1.165, 1.54) is 20.3 Å². The van der Waals surface area contributed by atoms with Crippen molar-refractivity contribution >= 4 is 40.5 Å². The van der Waals surface area contributed by atoms with Crippen LogP contribution in [-0.2, 0) is 20.5 Å². The Morgan fingerprint density at radius 2 is 2.00 bits per heavy atom. The SMILES string of the molecule is CON=C1C=C(c2ncc(C(F)(F)F)cc2Cl)C(C)=C(C(=O)OC)C1Cl. The van der Waals surface area contributed by atoms with Gasteiger partial charge in [-0.1, -0.05) is 16.8 Å². The molecule has 0 aliphatic heterocycles. The van der Waals surface area contributed by atoms with E-state index in [1.54, 1.807) is 6.92 Å². The lowest BCUT2D eigenvalue weighted by atomic mass is 9.88. The van der Waals surface area contributed by atoms with Crippen LogP contribution in [-0.4, -0.2) is 36.3 Å². The molecule has 0 radical (unpaired) electrons. The van der Waals surface area contributed by atoms with E-state index in [4.69, 9.17) is 32.8 Å². The third kappa shape index (κ3) is 3.86. The van der Waals surface area contributed by atoms with Crippen molar-refractivity contribution in [1.29, 1.82) is 0 Å². The molecule has 0 saturated heterocycles. The quantitative estimate of drug-likeness (QED) is 0.426. The number of ether oxygens (including phenoxy) is 1. The molecule has 1 heterocycles. The molecule has 1 aromatic rings. The summed E-state index contributed by atoms with van der Waals surface area (Å²) < 4.78 is 43.2. The van der Waals surface area contributed by atoms with Crippen molar-refractivity contribution in [2.24, 2.45) is 5.16 Å². The lowest BCUT2D eigenvalue weighted by molar-refractivity contribution is -0.138. The number of aromatic nitrogens is 1. The van der Waals surface area contributed by atoms with Crippen LogP contribution in [0.15, 0.2) is 34.6 Å². The zero-order valence-corrected chi connectivity index (χ0v) is 15.3. The minimum Gasteiger partial charge on any atom is -0.466 e. The van der Waals surface area contributed by atoms with Crippen molar-refractivity contribution in [3.63, 3.8) is 0 Å². The van der Waals surface area contributed by atoms with Crippen LogP contribution in [0.25, 0.3) is 5.57 Å². The molecular formula is C16H13Cl2F3N2O3. The maximum absolute atomic E-state index is 12.8. The normalized spacial score (nSPS) is 19.5. The van der Waals surface area contributed by atoms with Gasteiger partial charge in [0.1, 0.15) is 18.2 Å². The highest BCUT2D eigenvalue weighted by Gasteiger charge is 2.35. The van der Waals surface area contributed by atoms with Crippen molar-refractivity contribution in [3.8, 4) is 0 Å². The van der Waals surface area contributed by atoms with Gasteiger partial charge in [-0.25, -0.2) is 4.79 Å². The van der Waals surface area contributed by atoms with E-state index < -0.39 is 23.1 Å². The first-order chi connectivity index (χ1) is 12.1. The number of methoxy groups -OCH3 is 1. The number of carbonyl (C=O) groups excluding carboxylic acids is 1. The molecule has 26 heavy (non-hydrogen) atoms. The first-order valence-corrected chi connectivity index (χ1v) is 7.92. The standard InChI is InChI=1S/C16H13Cl2F3N2O3/c1-7-9(14-10(17)4-8(6-22-14)16(19,20)21)5-11(23-26-3)13(18)12(7)15(24)25-2/h4-6,13H,1-3H3. The first-order valence-electron chi connectivity index (χ1n) is 7.11. The van der Waals surface area contributed by atoms with Crippen LogP contribution in [0.3, 0.4) is 0 Å². The Morgan fingerprint density at radius 3 is 2.50 bits per heavy atom. The van der Waals surface area contributed by atoms with Crippen molar-refractivity contribution in [2.75, 3.05) is 14.2 Å². The Balaban J connectivity index is 2.66. The van der Waals surface area contributed by atoms with Gasteiger partial charge >= 0.3 is 12.1 Å². The molecule has 1 atom stereocenters. The van der Waals surface area contributed by atoms with Crippen LogP contribution in [0.2, 0.25) is 5.02 Å². The van der Waals surface area contributed by atoms with Crippen LogP contribution in [0.1, 0.15) is 18.2 Å². The molecular weight excluding hydrogens is 396 g/mol. The molecule has 5 nitrogen and oxygen atoms in total. The number of rotatable bonds is 3. The highest BCUT2D eigenvalue weighted by atomic mass is 35.5. The van der Waals surface area contributed by atoms with E-state index in [2.05, 4.69) is 10.1 Å². The predicted molar refractivity (Wildman–Crippen MR) is 91.0 cm³/mol. The number of esters is 1. The number of carbonyl (C=O) groups is 1. The molecule has 1 aliphatic rings. The molecule has 0 N–H and O–H groups in total. The van der Waals surface area contributed by atoms with Gasteiger partial charge in [-0.2, -0.15) is 13.2 Å². The molecule has 0 amide bonds. The second kappa shape index (κ2) is 7.67. The van der Waals surface area contributed by atoms with Gasteiger partial charge in [0, 0.05) is 11.8 Å². The zero-order valence-electron chi connectivity index (χ0n) is 13.8. The summed E-state index contributed by atoms with van der Waals surface area (Å²) in [5.41, 5.74) is -0.0597. The van der Waals surface area contributed by atoms with Crippen LogP contribution in [0.5, 0.6) is 0 Å². The van der Waals surface area contributed by atoms with E-state index in [1.807, 2.05) is 0 Å². The average molecular weight is 409 g/mol. The maximum Gasteiger partial charge on any atom is 0.417 e. The number of hydrogen-bond acceptors (Lipinski definition) is 5. The summed E-state index contributed by atoms with van der Waals surface area (Å²) in [6.45, 7) is 1.56. The zero-order chi connectivity index (χ0) is 19.6. The molecule has 10 heteroatoms. The molecule has 1 aliphatic carbocycles. The molecule has 0 saturated carbocycles. The third-order valence-corrected chi connectivity index (χ3v) is 4.37. The Kier molecular flexibility index (Phi) is 5.98. The van der Waals surface area contributed by atoms with Crippen LogP contribution < -0.4 is 0 Å². The fourth-order valence-electron chi connectivity index (χ4n) is 2.39. The average Bonchev–Trinajstić information content (AvgIpc) is 2.57. The Hall–Kier alpha value is -2.06. The number of nitrogens with zero attached hydrogens (tertiary/aromatic N) is 2. The lowest BCUT2D eigenvalue weighted by Gasteiger charge is -2.23. The van der Waals surface area contributed by atoms with Crippen LogP contribution >= 0.6 is 23.2 Å². The van der Waals surface area contributed by atoms with Crippen molar-refractivity contribution in [3.05, 3.63) is 45.8 Å². The van der Waals surface area contributed by atoms with Crippen molar-refractivity contribution < 1.29 is 27.5 Å². The van der Waals surface area contributed by atoms with E-state index in [0.717, 1.165) is 6.07 Å². The van der Waals surface area contributed by atoms with E-state index in [9.17, 15) is 18.0 Å². The minimum absolute atomic E-state index is 0.0472. The highest BCUT2D eigenvalue weighted by Crippen LogP contribution is 2.38. The summed E-state index contributed by atoms with van der Waals surface area (Å²) in [7, 11) is 2.47. The van der Waals surface area contributed by atoms with Crippen molar-refractivity contribution in [1.82, 2.24) is 4.98 Å². The number of pyridine rings is 1. The molecule has 2 rings (SSSR count). The molecule has 0 bridgehead atoms. The predicted octanol–water partition coefficient (Wildman–Crippen LogP) is 4.25. The highest BCUT2D eigenvalue weighted by molar-refractivity contribution is 6.41. The largest absolute Gasteiger partial charge is 0.466 e. The molecule has 1 aromatic heterocycles. The fraction of sp³-hybridized carbons (Fsp3) is 0.312. The second-order valence-electron chi connectivity index (χ2n) is 5.20. The maximum atomic E-state index is 12.8. The van der Waals surface area contributed by atoms with Crippen molar-refractivity contribution in [2.45, 2.75) is 18.5 Å². The summed E-state index contributed by atoms with van der Waals surface area (Å²) in [5, 5.41) is 2.55. The van der Waals surface area contributed by atoms with Gasteiger partial charge in [0.15, 0.2) is 0 Å². The number of alkyl halides is 4. The number of allylic oxidation sites excluding steroid dienone is 3. The molecule has 1 unspecified atom stereocenters. The van der Waals surface area contributed by atoms with Gasteiger partial charge in [-0.15, -0.1) is 11.6 Å². The lowest BCUT2D eigenvalue weighted by Crippen LogP contribution is -2.27. The van der Waals surface area contributed by atoms with Gasteiger partial charge in [0.25, 0.3) is 0 Å². The van der Waals surface area contributed by atoms with Gasteiger partial charge in [0.2, 0.25) is 0 Å². The van der Waals surface area contributed by atoms with Gasteiger partial charge in [-0.05, 0) is 24.6 Å². The molecule has 0 fully saturated rings. The monoisotopic (exact) mass is 408 g/mol. The molecule has 140 valence electrons. The first kappa shape index (κ1) is 20.3. The second-order valence-corrected chi connectivity index (χ2v) is 6.05. The minimum atomic E-state index is -4.58. The van der Waals surface area contributed by atoms with Gasteiger partial charge < -0.3 is 9.57 Å². The van der Waals surface area contributed by atoms with E-state index >= 15 is 0 Å². The van der Waals surface area contributed by atoms with Crippen LogP contribution in [0, 0.1) is 0 Å². The fourth-order valence-corrected chi connectivity index (χ4v) is 3.02. The summed E-state index contributed by atoms with van der Waals surface area (Å²) in [4.78, 5) is 20.6. The third-order valence-electron chi connectivity index (χ3n) is 3.64.